The molecule has 1 aliphatic carbocycles. The molecule has 0 amide bonds. The first-order valence-corrected chi connectivity index (χ1v) is 5.17. The highest BCUT2D eigenvalue weighted by Gasteiger charge is 2.15. The molecular formula is C11H16BrN. The minimum absolute atomic E-state index is 0.132. The second-order valence-electron chi connectivity index (χ2n) is 4.12. The SMILES string of the molecule is CN(C)C1=CC=CC(C)(C)C=C1Br. The van der Waals surface area contributed by atoms with Gasteiger partial charge in [0.25, 0.3) is 0 Å². The summed E-state index contributed by atoms with van der Waals surface area (Å²) in [6.07, 6.45) is 8.66. The molecule has 0 unspecified atom stereocenters. The number of hydrogen-bond acceptors (Lipinski definition) is 1. The molecule has 1 nitrogen and oxygen atoms in total. The van der Waals surface area contributed by atoms with Crippen LogP contribution in [0.5, 0.6) is 0 Å². The van der Waals surface area contributed by atoms with E-state index >= 15 is 0 Å². The maximum atomic E-state index is 3.59. The van der Waals surface area contributed by atoms with E-state index in [1.165, 1.54) is 5.70 Å². The maximum Gasteiger partial charge on any atom is 0.0502 e. The number of nitrogens with zero attached hydrogens (tertiary/aromatic N) is 1. The topological polar surface area (TPSA) is 3.24 Å². The monoisotopic (exact) mass is 241 g/mol. The van der Waals surface area contributed by atoms with Crippen LogP contribution in [0.15, 0.2) is 34.5 Å². The lowest BCUT2D eigenvalue weighted by Crippen LogP contribution is -2.11. The van der Waals surface area contributed by atoms with E-state index < -0.39 is 0 Å². The van der Waals surface area contributed by atoms with E-state index in [-0.39, 0.29) is 5.41 Å². The fourth-order valence-electron chi connectivity index (χ4n) is 1.28. The molecule has 2 heteroatoms. The van der Waals surface area contributed by atoms with Gasteiger partial charge in [-0.05, 0) is 22.0 Å². The number of allylic oxidation sites excluding steroid dienone is 5. The van der Waals surface area contributed by atoms with Crippen molar-refractivity contribution < 1.29 is 0 Å². The Morgan fingerprint density at radius 2 is 1.92 bits per heavy atom. The predicted octanol–water partition coefficient (Wildman–Crippen LogP) is 3.31. The lowest BCUT2D eigenvalue weighted by Gasteiger charge is -2.18. The van der Waals surface area contributed by atoms with Gasteiger partial charge >= 0.3 is 0 Å². The summed E-state index contributed by atoms with van der Waals surface area (Å²) < 4.78 is 1.16. The van der Waals surface area contributed by atoms with Crippen LogP contribution in [0.25, 0.3) is 0 Å². The summed E-state index contributed by atoms with van der Waals surface area (Å²) >= 11 is 3.59. The van der Waals surface area contributed by atoms with Crippen molar-refractivity contribution in [2.75, 3.05) is 14.1 Å². The van der Waals surface area contributed by atoms with Crippen molar-refractivity contribution in [2.45, 2.75) is 13.8 Å². The van der Waals surface area contributed by atoms with Crippen LogP contribution in [0.4, 0.5) is 0 Å². The van der Waals surface area contributed by atoms with Crippen molar-refractivity contribution in [3.63, 3.8) is 0 Å². The normalized spacial score (nSPS) is 20.4. The van der Waals surface area contributed by atoms with Crippen molar-refractivity contribution in [2.24, 2.45) is 5.41 Å². The van der Waals surface area contributed by atoms with Gasteiger partial charge in [0.15, 0.2) is 0 Å². The Bertz CT molecular complexity index is 282. The summed E-state index contributed by atoms with van der Waals surface area (Å²) in [6.45, 7) is 4.38. The molecule has 13 heavy (non-hydrogen) atoms. The Balaban J connectivity index is 3.05. The van der Waals surface area contributed by atoms with Gasteiger partial charge in [-0.25, -0.2) is 0 Å². The van der Waals surface area contributed by atoms with Gasteiger partial charge in [-0.3, -0.25) is 0 Å². The highest BCUT2D eigenvalue weighted by Crippen LogP contribution is 2.30. The molecule has 0 spiro atoms. The first-order chi connectivity index (χ1) is 5.92. The zero-order chi connectivity index (χ0) is 10.1. The van der Waals surface area contributed by atoms with Crippen molar-refractivity contribution in [3.8, 4) is 0 Å². The molecule has 0 aromatic carbocycles. The Kier molecular flexibility index (Phi) is 3.01. The molecule has 0 aromatic rings. The summed E-state index contributed by atoms with van der Waals surface area (Å²) in [4.78, 5) is 2.10. The fourth-order valence-corrected chi connectivity index (χ4v) is 2.36. The van der Waals surface area contributed by atoms with Crippen LogP contribution < -0.4 is 0 Å². The molecule has 0 fully saturated rings. The minimum atomic E-state index is 0.132. The summed E-state index contributed by atoms with van der Waals surface area (Å²) in [5.74, 6) is 0. The van der Waals surface area contributed by atoms with Gasteiger partial charge in [0.1, 0.15) is 0 Å². The van der Waals surface area contributed by atoms with Crippen LogP contribution in [0.1, 0.15) is 13.8 Å². The van der Waals surface area contributed by atoms with Crippen molar-refractivity contribution >= 4 is 15.9 Å². The van der Waals surface area contributed by atoms with Crippen LogP contribution in [0.3, 0.4) is 0 Å². The summed E-state index contributed by atoms with van der Waals surface area (Å²) in [5.41, 5.74) is 1.34. The summed E-state index contributed by atoms with van der Waals surface area (Å²) in [5, 5.41) is 0. The highest BCUT2D eigenvalue weighted by atomic mass is 79.9. The zero-order valence-corrected chi connectivity index (χ0v) is 10.2. The van der Waals surface area contributed by atoms with Gasteiger partial charge in [0.05, 0.1) is 5.70 Å². The van der Waals surface area contributed by atoms with E-state index in [0.29, 0.717) is 0 Å². The number of hydrogen-bond donors (Lipinski definition) is 0. The highest BCUT2D eigenvalue weighted by molar-refractivity contribution is 9.12. The predicted molar refractivity (Wildman–Crippen MR) is 61.7 cm³/mol. The molecule has 1 rings (SSSR count). The smallest absolute Gasteiger partial charge is 0.0502 e. The molecular weight excluding hydrogens is 226 g/mol. The second-order valence-corrected chi connectivity index (χ2v) is 4.97. The van der Waals surface area contributed by atoms with Crippen LogP contribution in [0.2, 0.25) is 0 Å². The lowest BCUT2D eigenvalue weighted by molar-refractivity contribution is 0.526. The van der Waals surface area contributed by atoms with E-state index in [1.807, 2.05) is 14.1 Å². The van der Waals surface area contributed by atoms with Crippen LogP contribution >= 0.6 is 15.9 Å². The van der Waals surface area contributed by atoms with Gasteiger partial charge in [0, 0.05) is 24.0 Å². The third-order valence-electron chi connectivity index (χ3n) is 2.01. The molecule has 1 aliphatic rings. The van der Waals surface area contributed by atoms with Crippen molar-refractivity contribution in [1.82, 2.24) is 4.90 Å². The number of likely N-dealkylation sites (N-methyl/N-ethyl adjacent to an activating group) is 1. The van der Waals surface area contributed by atoms with Crippen molar-refractivity contribution in [3.05, 3.63) is 34.5 Å². The molecule has 0 saturated heterocycles. The third kappa shape index (κ3) is 2.73. The minimum Gasteiger partial charge on any atom is -0.377 e. The Labute approximate surface area is 88.9 Å². The Hall–Kier alpha value is -0.500. The molecule has 0 aromatic heterocycles. The third-order valence-corrected chi connectivity index (χ3v) is 2.64. The summed E-state index contributed by atoms with van der Waals surface area (Å²) in [7, 11) is 4.10. The van der Waals surface area contributed by atoms with E-state index in [0.717, 1.165) is 4.48 Å². The average Bonchev–Trinajstić information content (AvgIpc) is 2.06. The fraction of sp³-hybridized carbons (Fsp3) is 0.455. The molecule has 0 bridgehead atoms. The van der Waals surface area contributed by atoms with Gasteiger partial charge in [-0.15, -0.1) is 0 Å². The standard InChI is InChI=1S/C11H16BrN/c1-11(2)7-5-6-10(13(3)4)9(12)8-11/h5-8H,1-4H3. The summed E-state index contributed by atoms with van der Waals surface area (Å²) in [6, 6.07) is 0. The first kappa shape index (κ1) is 10.6. The van der Waals surface area contributed by atoms with E-state index in [1.54, 1.807) is 0 Å². The lowest BCUT2D eigenvalue weighted by atomic mass is 9.93. The quantitative estimate of drug-likeness (QED) is 0.681. The first-order valence-electron chi connectivity index (χ1n) is 4.38. The van der Waals surface area contributed by atoms with Crippen LogP contribution in [-0.4, -0.2) is 19.0 Å². The van der Waals surface area contributed by atoms with Crippen LogP contribution in [-0.2, 0) is 0 Å². The van der Waals surface area contributed by atoms with Crippen molar-refractivity contribution in [1.29, 1.82) is 0 Å². The molecule has 0 aliphatic heterocycles. The van der Waals surface area contributed by atoms with Gasteiger partial charge in [0.2, 0.25) is 0 Å². The molecule has 0 N–H and O–H groups in total. The van der Waals surface area contributed by atoms with Gasteiger partial charge in [-0.1, -0.05) is 32.1 Å². The molecule has 72 valence electrons. The van der Waals surface area contributed by atoms with E-state index in [4.69, 9.17) is 0 Å². The molecule has 0 saturated carbocycles. The molecule has 0 radical (unpaired) electrons. The number of rotatable bonds is 1. The zero-order valence-electron chi connectivity index (χ0n) is 8.63. The maximum absolute atomic E-state index is 3.59. The molecule has 0 atom stereocenters. The van der Waals surface area contributed by atoms with E-state index in [2.05, 4.69) is 59.0 Å². The van der Waals surface area contributed by atoms with E-state index in [9.17, 15) is 0 Å². The van der Waals surface area contributed by atoms with Gasteiger partial charge in [-0.2, -0.15) is 0 Å². The Morgan fingerprint density at radius 3 is 2.46 bits per heavy atom. The molecule has 0 heterocycles. The largest absolute Gasteiger partial charge is 0.377 e. The average molecular weight is 242 g/mol. The number of halogens is 1. The van der Waals surface area contributed by atoms with Crippen LogP contribution in [0, 0.1) is 5.41 Å². The van der Waals surface area contributed by atoms with Gasteiger partial charge < -0.3 is 4.90 Å². The Morgan fingerprint density at radius 1 is 1.31 bits per heavy atom. The second kappa shape index (κ2) is 3.70.